The van der Waals surface area contributed by atoms with Crippen LogP contribution in [0.15, 0.2) is 29.2 Å². The van der Waals surface area contributed by atoms with Crippen LogP contribution in [0, 0.1) is 11.8 Å². The van der Waals surface area contributed by atoms with Crippen molar-refractivity contribution in [2.75, 3.05) is 35.7 Å². The summed E-state index contributed by atoms with van der Waals surface area (Å²) < 4.78 is 12.9. The lowest BCUT2D eigenvalue weighted by Gasteiger charge is -2.42. The molecule has 2 aliphatic heterocycles. The molecule has 2 bridgehead atoms. The van der Waals surface area contributed by atoms with Crippen molar-refractivity contribution in [3.8, 4) is 0 Å². The highest BCUT2D eigenvalue weighted by atomic mass is 35.5. The zero-order valence-corrected chi connectivity index (χ0v) is 20.4. The third-order valence-corrected chi connectivity index (χ3v) is 10.1. The number of aromatic nitrogens is 2. The molecule has 3 heterocycles. The summed E-state index contributed by atoms with van der Waals surface area (Å²) in [6, 6.07) is 8.39. The lowest BCUT2D eigenvalue weighted by atomic mass is 9.77. The van der Waals surface area contributed by atoms with Crippen molar-refractivity contribution < 1.29 is 9.32 Å². The highest BCUT2D eigenvalue weighted by Gasteiger charge is 2.44. The van der Waals surface area contributed by atoms with Gasteiger partial charge in [0.15, 0.2) is 0 Å². The van der Waals surface area contributed by atoms with Gasteiger partial charge in [0, 0.05) is 23.9 Å². The normalized spacial score (nSPS) is 29.9. The maximum atomic E-state index is 12.9. The number of nitrogens with one attached hydrogen (secondary N) is 1. The molecule has 2 saturated carbocycles. The summed E-state index contributed by atoms with van der Waals surface area (Å²) in [7, 11) is -1.09. The Morgan fingerprint density at radius 3 is 2.48 bits per heavy atom. The highest BCUT2D eigenvalue weighted by Crippen LogP contribution is 2.49. The van der Waals surface area contributed by atoms with Crippen molar-refractivity contribution in [2.45, 2.75) is 61.3 Å². The first-order chi connectivity index (χ1) is 16.0. The molecular formula is C25H31ClN4O2S. The van der Waals surface area contributed by atoms with Gasteiger partial charge in [-0.25, -0.2) is 4.98 Å². The molecule has 2 aromatic rings. The lowest BCUT2D eigenvalue weighted by Crippen LogP contribution is -2.49. The second-order valence-corrected chi connectivity index (χ2v) is 12.2. The van der Waals surface area contributed by atoms with Crippen molar-refractivity contribution in [3.05, 3.63) is 40.5 Å². The number of anilines is 2. The number of hydrogen-bond donors (Lipinski definition) is 2. The van der Waals surface area contributed by atoms with Gasteiger partial charge in [-0.3, -0.25) is 4.21 Å². The summed E-state index contributed by atoms with van der Waals surface area (Å²) in [5, 5.41) is 14.3. The van der Waals surface area contributed by atoms with Gasteiger partial charge in [-0.05, 0) is 80.4 Å². The van der Waals surface area contributed by atoms with Crippen molar-refractivity contribution >= 4 is 34.2 Å². The standard InChI is InChI=1S/C25H31ClN4O2S/c26-19-8-6-16(7-9-19)21-17-4-5-18(21)14-30(13-17)24-27-20-3-1-12-33(32)22(20)23(28-24)29-25(15-31)10-2-11-25/h6-9,17-18,21,31H,1-5,10-15H2,(H,27,28,29)/t17?,18?,21?,33-/m0/s1. The molecule has 1 aromatic carbocycles. The number of rotatable bonds is 5. The van der Waals surface area contributed by atoms with Crippen molar-refractivity contribution in [1.82, 2.24) is 9.97 Å². The summed E-state index contributed by atoms with van der Waals surface area (Å²) in [6.07, 6.45) is 7.11. The minimum atomic E-state index is -1.09. The molecule has 8 heteroatoms. The number of halogens is 1. The van der Waals surface area contributed by atoms with Crippen LogP contribution in [0.2, 0.25) is 5.02 Å². The van der Waals surface area contributed by atoms with Gasteiger partial charge in [0.25, 0.3) is 0 Å². The predicted molar refractivity (Wildman–Crippen MR) is 132 cm³/mol. The predicted octanol–water partition coefficient (Wildman–Crippen LogP) is 4.14. The molecule has 6 rings (SSSR count). The maximum Gasteiger partial charge on any atom is 0.227 e. The van der Waals surface area contributed by atoms with Gasteiger partial charge < -0.3 is 15.3 Å². The number of aliphatic hydroxyl groups is 1. The summed E-state index contributed by atoms with van der Waals surface area (Å²) in [4.78, 5) is 13.0. The van der Waals surface area contributed by atoms with Crippen LogP contribution in [-0.2, 0) is 17.2 Å². The quantitative estimate of drug-likeness (QED) is 0.661. The first-order valence-corrected chi connectivity index (χ1v) is 13.9. The smallest absolute Gasteiger partial charge is 0.227 e. The van der Waals surface area contributed by atoms with Crippen molar-refractivity contribution in [2.24, 2.45) is 11.8 Å². The Morgan fingerprint density at radius 2 is 1.85 bits per heavy atom. The minimum absolute atomic E-state index is 0.0738. The van der Waals surface area contributed by atoms with Crippen molar-refractivity contribution in [3.63, 3.8) is 0 Å². The summed E-state index contributed by atoms with van der Waals surface area (Å²) >= 11 is 6.13. The molecule has 2 N–H and O–H groups in total. The molecule has 6 nitrogen and oxygen atoms in total. The molecule has 3 fully saturated rings. The largest absolute Gasteiger partial charge is 0.394 e. The van der Waals surface area contributed by atoms with Crippen LogP contribution in [0.5, 0.6) is 0 Å². The van der Waals surface area contributed by atoms with Crippen LogP contribution in [0.4, 0.5) is 11.8 Å². The van der Waals surface area contributed by atoms with Gasteiger partial charge in [0.05, 0.1) is 28.6 Å². The fourth-order valence-corrected chi connectivity index (χ4v) is 7.84. The SMILES string of the molecule is O=[S@]1CCCc2nc(N3CC4CCC(C3)C4c3ccc(Cl)cc3)nc(NC3(CO)CCC3)c21. The maximum absolute atomic E-state index is 12.9. The zero-order valence-electron chi connectivity index (χ0n) is 18.8. The Labute approximate surface area is 202 Å². The van der Waals surface area contributed by atoms with Gasteiger partial charge in [-0.1, -0.05) is 23.7 Å². The summed E-state index contributed by atoms with van der Waals surface area (Å²) in [5.41, 5.74) is 1.99. The Kier molecular flexibility index (Phi) is 5.62. The Bertz CT molecular complexity index is 1060. The van der Waals surface area contributed by atoms with E-state index in [0.717, 1.165) is 66.8 Å². The van der Waals surface area contributed by atoms with Gasteiger partial charge in [-0.15, -0.1) is 0 Å². The topological polar surface area (TPSA) is 78.4 Å². The van der Waals surface area contributed by atoms with E-state index in [4.69, 9.17) is 21.6 Å². The monoisotopic (exact) mass is 486 g/mol. The molecule has 176 valence electrons. The van der Waals surface area contributed by atoms with Crippen LogP contribution in [-0.4, -0.2) is 50.3 Å². The van der Waals surface area contributed by atoms with E-state index < -0.39 is 10.8 Å². The van der Waals surface area contributed by atoms with Crippen LogP contribution in [0.1, 0.15) is 55.7 Å². The number of fused-ring (bicyclic) bond motifs is 3. The fourth-order valence-electron chi connectivity index (χ4n) is 6.38. The van der Waals surface area contributed by atoms with E-state index in [0.29, 0.717) is 29.3 Å². The average Bonchev–Trinajstić information content (AvgIpc) is 3.05. The molecule has 3 atom stereocenters. The fraction of sp³-hybridized carbons (Fsp3) is 0.600. The number of benzene rings is 1. The Balaban J connectivity index is 1.31. The molecular weight excluding hydrogens is 456 g/mol. The summed E-state index contributed by atoms with van der Waals surface area (Å²) in [6.45, 7) is 1.96. The molecule has 0 radical (unpaired) electrons. The van der Waals surface area contributed by atoms with Gasteiger partial charge in [0.1, 0.15) is 10.7 Å². The van der Waals surface area contributed by atoms with E-state index in [-0.39, 0.29) is 12.1 Å². The average molecular weight is 487 g/mol. The van der Waals surface area contributed by atoms with E-state index in [1.54, 1.807) is 0 Å². The van der Waals surface area contributed by atoms with Crippen molar-refractivity contribution in [1.29, 1.82) is 0 Å². The van der Waals surface area contributed by atoms with E-state index in [1.807, 2.05) is 12.1 Å². The first kappa shape index (κ1) is 21.8. The second-order valence-electron chi connectivity index (χ2n) is 10.3. The number of piperidine rings is 1. The summed E-state index contributed by atoms with van der Waals surface area (Å²) in [5.74, 6) is 3.82. The zero-order chi connectivity index (χ0) is 22.6. The van der Waals surface area contributed by atoms with E-state index in [2.05, 4.69) is 22.3 Å². The van der Waals surface area contributed by atoms with Gasteiger partial charge in [-0.2, -0.15) is 4.98 Å². The minimum Gasteiger partial charge on any atom is -0.394 e. The van der Waals surface area contributed by atoms with E-state index >= 15 is 0 Å². The van der Waals surface area contributed by atoms with E-state index in [1.165, 1.54) is 18.4 Å². The molecule has 33 heavy (non-hydrogen) atoms. The van der Waals surface area contributed by atoms with Crippen LogP contribution < -0.4 is 10.2 Å². The van der Waals surface area contributed by atoms with E-state index in [9.17, 15) is 9.32 Å². The molecule has 0 spiro atoms. The van der Waals surface area contributed by atoms with Crippen LogP contribution in [0.3, 0.4) is 0 Å². The molecule has 1 saturated heterocycles. The number of aryl methyl sites for hydroxylation is 1. The Morgan fingerprint density at radius 1 is 1.12 bits per heavy atom. The first-order valence-electron chi connectivity index (χ1n) is 12.2. The lowest BCUT2D eigenvalue weighted by molar-refractivity contribution is 0.143. The third-order valence-electron chi connectivity index (χ3n) is 8.26. The van der Waals surface area contributed by atoms with Crippen LogP contribution >= 0.6 is 11.6 Å². The van der Waals surface area contributed by atoms with Gasteiger partial charge in [0.2, 0.25) is 5.95 Å². The van der Waals surface area contributed by atoms with Crippen LogP contribution in [0.25, 0.3) is 0 Å². The molecule has 4 aliphatic rings. The number of nitrogens with zero attached hydrogens (tertiary/aromatic N) is 3. The molecule has 2 aliphatic carbocycles. The molecule has 1 aromatic heterocycles. The molecule has 2 unspecified atom stereocenters. The number of hydrogen-bond acceptors (Lipinski definition) is 6. The molecule has 0 amide bonds. The van der Waals surface area contributed by atoms with Gasteiger partial charge >= 0.3 is 0 Å². The second kappa shape index (κ2) is 8.51. The third kappa shape index (κ3) is 3.86. The highest BCUT2D eigenvalue weighted by molar-refractivity contribution is 7.85. The number of aliphatic hydroxyl groups excluding tert-OH is 1. The Hall–Kier alpha value is -1.70.